The number of aryl methyl sites for hydroxylation is 6. The summed E-state index contributed by atoms with van der Waals surface area (Å²) in [4.78, 5) is 90.1. The van der Waals surface area contributed by atoms with E-state index >= 15 is 9.59 Å². The van der Waals surface area contributed by atoms with E-state index in [1.54, 1.807) is 84.9 Å². The van der Waals surface area contributed by atoms with Gasteiger partial charge in [0.2, 0.25) is 0 Å². The summed E-state index contributed by atoms with van der Waals surface area (Å²) in [5.74, 6) is 0. The fourth-order valence-corrected chi connectivity index (χ4v) is 10.9. The molecule has 0 unspecified atom stereocenters. The third-order valence-corrected chi connectivity index (χ3v) is 13.2. The molecule has 296 valence electrons. The molecule has 6 nitrogen and oxygen atoms in total. The Morgan fingerprint density at radius 3 is 0.903 bits per heavy atom. The Bertz CT molecular complexity index is 3970. The van der Waals surface area contributed by atoms with Gasteiger partial charge >= 0.3 is 0 Å². The highest BCUT2D eigenvalue weighted by atomic mass is 16.1. The highest BCUT2D eigenvalue weighted by Crippen LogP contribution is 2.43. The lowest BCUT2D eigenvalue weighted by molar-refractivity contribution is 1.32. The van der Waals surface area contributed by atoms with Gasteiger partial charge in [-0.25, -0.2) is 0 Å². The van der Waals surface area contributed by atoms with Crippen LogP contribution in [0, 0.1) is 41.5 Å². The molecule has 0 spiro atoms. The van der Waals surface area contributed by atoms with E-state index < -0.39 is 21.7 Å². The first-order valence-electron chi connectivity index (χ1n) is 20.7. The summed E-state index contributed by atoms with van der Waals surface area (Å²) in [6.07, 6.45) is 0. The van der Waals surface area contributed by atoms with Crippen LogP contribution >= 0.6 is 0 Å². The minimum Gasteiger partial charge on any atom is -0.289 e. The number of hydrogen-bond acceptors (Lipinski definition) is 6. The van der Waals surface area contributed by atoms with E-state index in [1.807, 2.05) is 41.5 Å². The zero-order valence-electron chi connectivity index (χ0n) is 34.8. The van der Waals surface area contributed by atoms with Crippen LogP contribution in [0.3, 0.4) is 0 Å². The smallest absolute Gasteiger partial charge is 0.195 e. The van der Waals surface area contributed by atoms with E-state index in [0.29, 0.717) is 21.9 Å². The van der Waals surface area contributed by atoms with Gasteiger partial charge in [-0.1, -0.05) is 96.1 Å². The van der Waals surface area contributed by atoms with Crippen molar-refractivity contribution in [1.82, 2.24) is 0 Å². The molecule has 11 aromatic rings. The molecule has 62 heavy (non-hydrogen) atoms. The van der Waals surface area contributed by atoms with Crippen molar-refractivity contribution >= 4 is 86.2 Å². The molecular formula is C56H36O6. The normalized spacial score (nSPS) is 12.1. The average Bonchev–Trinajstić information content (AvgIpc) is 3.24. The van der Waals surface area contributed by atoms with Crippen molar-refractivity contribution in [2.75, 3.05) is 0 Å². The van der Waals surface area contributed by atoms with Crippen molar-refractivity contribution in [3.8, 4) is 22.3 Å². The number of rotatable bonds is 2. The molecule has 0 aliphatic carbocycles. The summed E-state index contributed by atoms with van der Waals surface area (Å²) >= 11 is 0. The van der Waals surface area contributed by atoms with Crippen molar-refractivity contribution < 1.29 is 0 Å². The van der Waals surface area contributed by atoms with Crippen molar-refractivity contribution in [3.63, 3.8) is 0 Å². The number of fused-ring (bicyclic) bond motifs is 12. The van der Waals surface area contributed by atoms with Gasteiger partial charge in [0.05, 0.1) is 0 Å². The molecule has 0 aliphatic heterocycles. The predicted octanol–water partition coefficient (Wildman–Crippen LogP) is 10.6. The third-order valence-electron chi connectivity index (χ3n) is 13.2. The Morgan fingerprint density at radius 1 is 0.258 bits per heavy atom. The first-order valence-corrected chi connectivity index (χ1v) is 20.7. The highest BCUT2D eigenvalue weighted by molar-refractivity contribution is 6.31. The second-order valence-corrected chi connectivity index (χ2v) is 17.1. The Labute approximate surface area is 352 Å². The summed E-state index contributed by atoms with van der Waals surface area (Å²) in [6, 6.07) is 31.9. The molecule has 0 bridgehead atoms. The molecule has 11 rings (SSSR count). The Morgan fingerprint density at radius 2 is 0.548 bits per heavy atom. The Hall–Kier alpha value is -7.70. The fourth-order valence-electron chi connectivity index (χ4n) is 10.9. The van der Waals surface area contributed by atoms with E-state index in [9.17, 15) is 19.2 Å². The molecule has 0 amide bonds. The molecule has 11 aromatic carbocycles. The quantitative estimate of drug-likeness (QED) is 0.127. The lowest BCUT2D eigenvalue weighted by atomic mass is 9.82. The van der Waals surface area contributed by atoms with E-state index in [-0.39, 0.29) is 86.3 Å². The largest absolute Gasteiger partial charge is 0.289 e. The van der Waals surface area contributed by atoms with Crippen LogP contribution < -0.4 is 32.6 Å². The SMILES string of the molecule is Cc1cc(C)c(-c2cc3c(=O)c4cc(-c5c(C)cc(C)cc5C)c5ccc6c(=O)c7ccccc7c(=O)c6c5c4c(=O)c3c3c2ccc2c(=O)c4ccccc4c(=O)c23)c(C)c1. The highest BCUT2D eigenvalue weighted by Gasteiger charge is 2.27. The van der Waals surface area contributed by atoms with Crippen LogP contribution in [0.15, 0.2) is 138 Å². The van der Waals surface area contributed by atoms with Gasteiger partial charge in [-0.15, -0.1) is 0 Å². The van der Waals surface area contributed by atoms with E-state index in [2.05, 4.69) is 24.3 Å². The minimum absolute atomic E-state index is 0.00890. The van der Waals surface area contributed by atoms with E-state index in [1.165, 1.54) is 0 Å². The lowest BCUT2D eigenvalue weighted by Crippen LogP contribution is -2.18. The molecule has 0 aromatic heterocycles. The van der Waals surface area contributed by atoms with Gasteiger partial charge in [-0.2, -0.15) is 0 Å². The van der Waals surface area contributed by atoms with E-state index in [4.69, 9.17) is 0 Å². The van der Waals surface area contributed by atoms with Crippen LogP contribution in [0.25, 0.3) is 108 Å². The maximum Gasteiger partial charge on any atom is 0.195 e. The second-order valence-electron chi connectivity index (χ2n) is 17.1. The summed E-state index contributed by atoms with van der Waals surface area (Å²) in [7, 11) is 0. The fraction of sp³-hybridized carbons (Fsp3) is 0.107. The summed E-state index contributed by atoms with van der Waals surface area (Å²) < 4.78 is 0. The summed E-state index contributed by atoms with van der Waals surface area (Å²) in [5, 5.41) is 3.04. The van der Waals surface area contributed by atoms with Crippen LogP contribution in [-0.2, 0) is 0 Å². The van der Waals surface area contributed by atoms with Gasteiger partial charge in [-0.3, -0.25) is 28.8 Å². The Kier molecular flexibility index (Phi) is 7.76. The summed E-state index contributed by atoms with van der Waals surface area (Å²) in [5.41, 5.74) is 6.29. The predicted molar refractivity (Wildman–Crippen MR) is 257 cm³/mol. The monoisotopic (exact) mass is 804 g/mol. The van der Waals surface area contributed by atoms with Gasteiger partial charge < -0.3 is 0 Å². The molecule has 0 radical (unpaired) electrons. The van der Waals surface area contributed by atoms with Crippen molar-refractivity contribution in [2.45, 2.75) is 41.5 Å². The van der Waals surface area contributed by atoms with Crippen molar-refractivity contribution in [3.05, 3.63) is 204 Å². The standard InChI is InChI=1S/C56H36O6/c1-25-19-27(3)43(28(4)20-25)39-23-41-49(45-31(39)15-17-37-47(45)54(60)35-13-9-7-11-33(35)51(37)57)56(62)50-42(53(41)59)24-40(44-29(5)21-26(2)22-30(44)6)32-16-18-38-48(46(32)50)55(61)36-14-10-8-12-34(36)52(38)58/h7-24H,1-6H3. The average molecular weight is 805 g/mol. The van der Waals surface area contributed by atoms with Crippen LogP contribution in [0.4, 0.5) is 0 Å². The molecule has 0 heterocycles. The van der Waals surface area contributed by atoms with Gasteiger partial charge in [0.1, 0.15) is 0 Å². The molecule has 0 atom stereocenters. The molecular weight excluding hydrogens is 769 g/mol. The first-order chi connectivity index (χ1) is 29.8. The minimum atomic E-state index is -0.572. The first kappa shape index (κ1) is 37.3. The molecule has 6 heteroatoms. The molecule has 0 aliphatic rings. The van der Waals surface area contributed by atoms with Crippen molar-refractivity contribution in [2.24, 2.45) is 0 Å². The maximum atomic E-state index is 16.0. The zero-order valence-corrected chi connectivity index (χ0v) is 34.8. The van der Waals surface area contributed by atoms with Gasteiger partial charge in [0, 0.05) is 75.4 Å². The topological polar surface area (TPSA) is 102 Å². The number of hydrogen-bond donors (Lipinski definition) is 0. The number of benzene rings is 11. The van der Waals surface area contributed by atoms with Gasteiger partial charge in [0.15, 0.2) is 32.6 Å². The maximum absolute atomic E-state index is 16.0. The van der Waals surface area contributed by atoms with Gasteiger partial charge in [0.25, 0.3) is 0 Å². The van der Waals surface area contributed by atoms with Gasteiger partial charge in [-0.05, 0) is 121 Å². The molecule has 0 saturated heterocycles. The van der Waals surface area contributed by atoms with Crippen LogP contribution in [-0.4, -0.2) is 0 Å². The summed E-state index contributed by atoms with van der Waals surface area (Å²) in [6.45, 7) is 12.0. The second kappa shape index (κ2) is 12.9. The third kappa shape index (κ3) is 4.86. The van der Waals surface area contributed by atoms with E-state index in [0.717, 1.165) is 44.5 Å². The Balaban J connectivity index is 1.49. The van der Waals surface area contributed by atoms with Crippen LogP contribution in [0.5, 0.6) is 0 Å². The molecule has 0 N–H and O–H groups in total. The zero-order chi connectivity index (χ0) is 43.2. The van der Waals surface area contributed by atoms with Crippen molar-refractivity contribution in [1.29, 1.82) is 0 Å². The van der Waals surface area contributed by atoms with Crippen LogP contribution in [0.1, 0.15) is 33.4 Å². The molecule has 0 saturated carbocycles. The lowest BCUT2D eigenvalue weighted by Gasteiger charge is -2.19. The van der Waals surface area contributed by atoms with Crippen LogP contribution in [0.2, 0.25) is 0 Å². The molecule has 0 fully saturated rings.